The van der Waals surface area contributed by atoms with Gasteiger partial charge in [0.1, 0.15) is 6.54 Å². The molecule has 0 aromatic carbocycles. The van der Waals surface area contributed by atoms with E-state index in [4.69, 9.17) is 0 Å². The second-order valence-corrected chi connectivity index (χ2v) is 7.47. The standard InChI is InChI=1S/C14H31N2O/c1-13(2)10-12(16(6,7)8-9-17)11-14(3,4)15(13)5/h12,17H,8-11H2,1-7H3/q+1. The van der Waals surface area contributed by atoms with E-state index >= 15 is 0 Å². The van der Waals surface area contributed by atoms with Gasteiger partial charge in [-0.2, -0.15) is 0 Å². The van der Waals surface area contributed by atoms with Gasteiger partial charge in [-0.25, -0.2) is 0 Å². The molecule has 3 heteroatoms. The lowest BCUT2D eigenvalue weighted by atomic mass is 9.76. The van der Waals surface area contributed by atoms with Crippen LogP contribution in [-0.2, 0) is 0 Å². The smallest absolute Gasteiger partial charge is 0.102 e. The Morgan fingerprint density at radius 3 is 1.88 bits per heavy atom. The molecule has 0 atom stereocenters. The highest BCUT2D eigenvalue weighted by atomic mass is 16.3. The number of likely N-dealkylation sites (N-methyl/N-ethyl adjacent to an activating group) is 1. The molecule has 1 aliphatic rings. The van der Waals surface area contributed by atoms with E-state index < -0.39 is 0 Å². The first kappa shape index (κ1) is 14.9. The fourth-order valence-corrected chi connectivity index (χ4v) is 3.25. The molecule has 1 rings (SSSR count). The van der Waals surface area contributed by atoms with Gasteiger partial charge in [0.2, 0.25) is 0 Å². The Bertz CT molecular complexity index is 253. The molecule has 1 aliphatic heterocycles. The van der Waals surface area contributed by atoms with E-state index in [2.05, 4.69) is 53.7 Å². The Morgan fingerprint density at radius 2 is 1.53 bits per heavy atom. The third kappa shape index (κ3) is 3.01. The first-order valence-corrected chi connectivity index (χ1v) is 6.70. The van der Waals surface area contributed by atoms with Crippen molar-refractivity contribution in [2.24, 2.45) is 0 Å². The lowest BCUT2D eigenvalue weighted by molar-refractivity contribution is -0.918. The predicted octanol–water partition coefficient (Wildman–Crippen LogP) is 1.71. The zero-order valence-corrected chi connectivity index (χ0v) is 12.7. The third-order valence-corrected chi connectivity index (χ3v) is 4.95. The molecule has 0 aromatic heterocycles. The van der Waals surface area contributed by atoms with E-state index in [-0.39, 0.29) is 17.7 Å². The lowest BCUT2D eigenvalue weighted by Gasteiger charge is -2.56. The van der Waals surface area contributed by atoms with Crippen LogP contribution in [0, 0.1) is 0 Å². The monoisotopic (exact) mass is 243 g/mol. The molecule has 0 aromatic rings. The van der Waals surface area contributed by atoms with E-state index in [1.807, 2.05) is 0 Å². The van der Waals surface area contributed by atoms with Crippen LogP contribution in [0.4, 0.5) is 0 Å². The summed E-state index contributed by atoms with van der Waals surface area (Å²) >= 11 is 0. The van der Waals surface area contributed by atoms with Gasteiger partial charge in [-0.05, 0) is 34.7 Å². The van der Waals surface area contributed by atoms with E-state index in [0.29, 0.717) is 6.04 Å². The lowest BCUT2D eigenvalue weighted by Crippen LogP contribution is -2.66. The van der Waals surface area contributed by atoms with Gasteiger partial charge in [-0.3, -0.25) is 4.90 Å². The minimum absolute atomic E-state index is 0.234. The summed E-state index contributed by atoms with van der Waals surface area (Å²) in [7, 11) is 6.74. The molecule has 102 valence electrons. The first-order chi connectivity index (χ1) is 7.53. The van der Waals surface area contributed by atoms with Crippen molar-refractivity contribution < 1.29 is 9.59 Å². The van der Waals surface area contributed by atoms with Gasteiger partial charge >= 0.3 is 0 Å². The van der Waals surface area contributed by atoms with Crippen LogP contribution in [0.15, 0.2) is 0 Å². The minimum Gasteiger partial charge on any atom is -0.391 e. The fraction of sp³-hybridized carbons (Fsp3) is 1.00. The maximum atomic E-state index is 9.22. The molecule has 0 amide bonds. The molecule has 1 heterocycles. The van der Waals surface area contributed by atoms with Crippen LogP contribution >= 0.6 is 0 Å². The Balaban J connectivity index is 2.92. The van der Waals surface area contributed by atoms with Crippen LogP contribution in [0.3, 0.4) is 0 Å². The molecular formula is C14H31N2O+. The number of piperidine rings is 1. The van der Waals surface area contributed by atoms with E-state index in [1.54, 1.807) is 0 Å². The molecule has 0 aliphatic carbocycles. The highest BCUT2D eigenvalue weighted by Gasteiger charge is 2.48. The Labute approximate surface area is 107 Å². The predicted molar refractivity (Wildman–Crippen MR) is 73.0 cm³/mol. The van der Waals surface area contributed by atoms with Crippen molar-refractivity contribution in [3.63, 3.8) is 0 Å². The average Bonchev–Trinajstić information content (AvgIpc) is 2.13. The van der Waals surface area contributed by atoms with Crippen LogP contribution in [-0.4, -0.2) is 65.9 Å². The highest BCUT2D eigenvalue weighted by molar-refractivity contribution is 4.98. The van der Waals surface area contributed by atoms with Crippen LogP contribution < -0.4 is 0 Å². The van der Waals surface area contributed by atoms with Crippen molar-refractivity contribution in [3.05, 3.63) is 0 Å². The van der Waals surface area contributed by atoms with Gasteiger partial charge < -0.3 is 9.59 Å². The fourth-order valence-electron chi connectivity index (χ4n) is 3.25. The van der Waals surface area contributed by atoms with Gasteiger partial charge in [0, 0.05) is 23.9 Å². The molecule has 0 radical (unpaired) electrons. The summed E-state index contributed by atoms with van der Waals surface area (Å²) in [4.78, 5) is 2.51. The molecule has 0 unspecified atom stereocenters. The number of aliphatic hydroxyl groups is 1. The number of hydrogen-bond acceptors (Lipinski definition) is 2. The molecule has 0 bridgehead atoms. The van der Waals surface area contributed by atoms with Crippen LogP contribution in [0.1, 0.15) is 40.5 Å². The second-order valence-electron chi connectivity index (χ2n) is 7.47. The SMILES string of the molecule is CN1C(C)(C)CC([N+](C)(C)CCO)CC1(C)C. The first-order valence-electron chi connectivity index (χ1n) is 6.70. The second kappa shape index (κ2) is 4.52. The third-order valence-electron chi connectivity index (χ3n) is 4.95. The average molecular weight is 243 g/mol. The molecule has 0 saturated carbocycles. The number of rotatable bonds is 3. The van der Waals surface area contributed by atoms with Crippen molar-refractivity contribution in [2.75, 3.05) is 34.3 Å². The zero-order valence-electron chi connectivity index (χ0n) is 12.7. The molecular weight excluding hydrogens is 212 g/mol. The van der Waals surface area contributed by atoms with E-state index in [0.717, 1.165) is 11.0 Å². The molecule has 3 nitrogen and oxygen atoms in total. The topological polar surface area (TPSA) is 23.5 Å². The zero-order chi connectivity index (χ0) is 13.5. The summed E-state index contributed by atoms with van der Waals surface area (Å²) < 4.78 is 0.928. The number of quaternary nitrogens is 1. The number of likely N-dealkylation sites (tertiary alicyclic amines) is 1. The maximum Gasteiger partial charge on any atom is 0.102 e. The normalized spacial score (nSPS) is 26.1. The van der Waals surface area contributed by atoms with Crippen molar-refractivity contribution in [1.29, 1.82) is 0 Å². The number of hydrogen-bond donors (Lipinski definition) is 1. The summed E-state index contributed by atoms with van der Waals surface area (Å²) in [5, 5.41) is 9.22. The van der Waals surface area contributed by atoms with Crippen LogP contribution in [0.5, 0.6) is 0 Å². The highest BCUT2D eigenvalue weighted by Crippen LogP contribution is 2.39. The van der Waals surface area contributed by atoms with Gasteiger partial charge in [0.05, 0.1) is 26.7 Å². The van der Waals surface area contributed by atoms with Crippen molar-refractivity contribution in [3.8, 4) is 0 Å². The van der Waals surface area contributed by atoms with Crippen LogP contribution in [0.2, 0.25) is 0 Å². The van der Waals surface area contributed by atoms with Gasteiger partial charge in [-0.15, -0.1) is 0 Å². The van der Waals surface area contributed by atoms with Gasteiger partial charge in [-0.1, -0.05) is 0 Å². The summed E-state index contributed by atoms with van der Waals surface area (Å²) in [6.45, 7) is 10.5. The number of nitrogens with zero attached hydrogens (tertiary/aromatic N) is 2. The Hall–Kier alpha value is -0.120. The van der Waals surface area contributed by atoms with Crippen molar-refractivity contribution in [2.45, 2.75) is 57.7 Å². The van der Waals surface area contributed by atoms with E-state index in [1.165, 1.54) is 12.8 Å². The van der Waals surface area contributed by atoms with Crippen LogP contribution in [0.25, 0.3) is 0 Å². The maximum absolute atomic E-state index is 9.22. The summed E-state index contributed by atoms with van der Waals surface area (Å²) in [6.07, 6.45) is 2.39. The Morgan fingerprint density at radius 1 is 1.12 bits per heavy atom. The molecule has 0 spiro atoms. The largest absolute Gasteiger partial charge is 0.391 e. The van der Waals surface area contributed by atoms with Crippen molar-refractivity contribution in [1.82, 2.24) is 4.90 Å². The molecule has 1 fully saturated rings. The molecule has 1 saturated heterocycles. The number of aliphatic hydroxyl groups excluding tert-OH is 1. The minimum atomic E-state index is 0.234. The van der Waals surface area contributed by atoms with Crippen molar-refractivity contribution >= 4 is 0 Å². The summed E-state index contributed by atoms with van der Waals surface area (Å²) in [5.74, 6) is 0. The van der Waals surface area contributed by atoms with Gasteiger partial charge in [0.25, 0.3) is 0 Å². The summed E-state index contributed by atoms with van der Waals surface area (Å²) in [5.41, 5.74) is 0.467. The van der Waals surface area contributed by atoms with Gasteiger partial charge in [0.15, 0.2) is 0 Å². The Kier molecular flexibility index (Phi) is 3.98. The van der Waals surface area contributed by atoms with E-state index in [9.17, 15) is 5.11 Å². The molecule has 17 heavy (non-hydrogen) atoms. The summed E-state index contributed by atoms with van der Waals surface area (Å²) in [6, 6.07) is 0.628. The molecule has 1 N–H and O–H groups in total. The quantitative estimate of drug-likeness (QED) is 0.763.